The van der Waals surface area contributed by atoms with Crippen molar-refractivity contribution in [1.29, 1.82) is 0 Å². The van der Waals surface area contributed by atoms with Crippen LogP contribution in [0.2, 0.25) is 0 Å². The van der Waals surface area contributed by atoms with Gasteiger partial charge in [-0.05, 0) is 41.8 Å². The molecule has 0 aliphatic rings. The fourth-order valence-corrected chi connectivity index (χ4v) is 2.91. The Morgan fingerprint density at radius 1 is 0.889 bits per heavy atom. The van der Waals surface area contributed by atoms with Gasteiger partial charge in [-0.2, -0.15) is 0 Å². The highest BCUT2D eigenvalue weighted by molar-refractivity contribution is 5.96. The number of hydrogen-bond donors (Lipinski definition) is 2. The molecule has 1 aromatic heterocycles. The molecule has 5 nitrogen and oxygen atoms in total. The number of nitrogens with zero attached hydrogens (tertiary/aromatic N) is 1. The van der Waals surface area contributed by atoms with E-state index in [0.717, 1.165) is 22.2 Å². The molecular weight excluding hydrogens is 338 g/mol. The molecule has 3 rings (SSSR count). The third-order valence-corrected chi connectivity index (χ3v) is 4.11. The zero-order valence-electron chi connectivity index (χ0n) is 15.5. The maximum atomic E-state index is 12.4. The molecule has 0 bridgehead atoms. The monoisotopic (exact) mass is 361 g/mol. The van der Waals surface area contributed by atoms with Gasteiger partial charge in [-0.3, -0.25) is 14.6 Å². The second-order valence-electron chi connectivity index (χ2n) is 6.94. The fraction of sp³-hybridized carbons (Fsp3) is 0.227. The minimum Gasteiger partial charge on any atom is -0.326 e. The number of amides is 2. The van der Waals surface area contributed by atoms with Gasteiger partial charge in [0.15, 0.2) is 0 Å². The van der Waals surface area contributed by atoms with Crippen molar-refractivity contribution in [3.8, 4) is 0 Å². The Labute approximate surface area is 158 Å². The third-order valence-electron chi connectivity index (χ3n) is 4.11. The summed E-state index contributed by atoms with van der Waals surface area (Å²) in [7, 11) is 0. The van der Waals surface area contributed by atoms with Crippen LogP contribution in [-0.4, -0.2) is 16.8 Å². The molecule has 138 valence electrons. The molecule has 1 heterocycles. The number of anilines is 2. The van der Waals surface area contributed by atoms with Crippen molar-refractivity contribution >= 4 is 34.1 Å². The first-order valence-electron chi connectivity index (χ1n) is 9.03. The van der Waals surface area contributed by atoms with Gasteiger partial charge in [0.05, 0.1) is 11.9 Å². The van der Waals surface area contributed by atoms with Gasteiger partial charge in [0, 0.05) is 29.4 Å². The predicted molar refractivity (Wildman–Crippen MR) is 109 cm³/mol. The molecule has 2 amide bonds. The van der Waals surface area contributed by atoms with Crippen LogP contribution >= 0.6 is 0 Å². The van der Waals surface area contributed by atoms with Crippen LogP contribution in [0.3, 0.4) is 0 Å². The molecule has 0 aliphatic heterocycles. The number of carbonyl (C=O) groups excluding carboxylic acids is 2. The minimum atomic E-state index is -0.107. The number of benzene rings is 2. The molecule has 3 aromatic rings. The van der Waals surface area contributed by atoms with Gasteiger partial charge >= 0.3 is 0 Å². The van der Waals surface area contributed by atoms with E-state index in [9.17, 15) is 9.59 Å². The van der Waals surface area contributed by atoms with Crippen LogP contribution in [0.15, 0.2) is 60.8 Å². The molecule has 0 saturated heterocycles. The summed E-state index contributed by atoms with van der Waals surface area (Å²) in [5, 5.41) is 6.76. The molecule has 0 unspecified atom stereocenters. The van der Waals surface area contributed by atoms with E-state index in [1.54, 1.807) is 30.5 Å². The summed E-state index contributed by atoms with van der Waals surface area (Å²) in [6, 6.07) is 16.8. The third kappa shape index (κ3) is 5.14. The molecule has 0 fully saturated rings. The van der Waals surface area contributed by atoms with Crippen LogP contribution in [0.25, 0.3) is 10.9 Å². The number of rotatable bonds is 6. The van der Waals surface area contributed by atoms with Crippen LogP contribution in [0, 0.1) is 5.92 Å². The summed E-state index contributed by atoms with van der Waals surface area (Å²) in [5.74, 6) is 0.196. The Morgan fingerprint density at radius 3 is 2.19 bits per heavy atom. The van der Waals surface area contributed by atoms with Crippen molar-refractivity contribution in [1.82, 2.24) is 4.98 Å². The number of fused-ring (bicyclic) bond motifs is 1. The topological polar surface area (TPSA) is 71.1 Å². The molecular formula is C22H23N3O2. The Morgan fingerprint density at radius 2 is 1.52 bits per heavy atom. The quantitative estimate of drug-likeness (QED) is 0.683. The summed E-state index contributed by atoms with van der Waals surface area (Å²) in [6.07, 6.45) is 2.47. The van der Waals surface area contributed by atoms with E-state index in [-0.39, 0.29) is 18.2 Å². The molecule has 0 spiro atoms. The highest BCUT2D eigenvalue weighted by Gasteiger charge is 2.09. The minimum absolute atomic E-state index is 0.00904. The molecule has 2 aromatic carbocycles. The first-order chi connectivity index (χ1) is 13.0. The summed E-state index contributed by atoms with van der Waals surface area (Å²) in [4.78, 5) is 28.6. The van der Waals surface area contributed by atoms with Gasteiger partial charge in [-0.1, -0.05) is 38.1 Å². The van der Waals surface area contributed by atoms with Crippen LogP contribution in [-0.2, 0) is 16.0 Å². The lowest BCUT2D eigenvalue weighted by molar-refractivity contribution is -0.117. The van der Waals surface area contributed by atoms with Gasteiger partial charge in [-0.25, -0.2) is 0 Å². The van der Waals surface area contributed by atoms with Crippen LogP contribution < -0.4 is 10.6 Å². The van der Waals surface area contributed by atoms with Crippen molar-refractivity contribution in [2.75, 3.05) is 10.6 Å². The van der Waals surface area contributed by atoms with E-state index in [4.69, 9.17) is 0 Å². The van der Waals surface area contributed by atoms with Crippen molar-refractivity contribution in [2.24, 2.45) is 5.92 Å². The number of hydrogen-bond acceptors (Lipinski definition) is 3. The largest absolute Gasteiger partial charge is 0.326 e. The van der Waals surface area contributed by atoms with Crippen molar-refractivity contribution in [2.45, 2.75) is 26.7 Å². The van der Waals surface area contributed by atoms with Gasteiger partial charge in [0.25, 0.3) is 0 Å². The van der Waals surface area contributed by atoms with E-state index in [1.807, 2.05) is 44.2 Å². The zero-order valence-corrected chi connectivity index (χ0v) is 15.5. The van der Waals surface area contributed by atoms with Gasteiger partial charge < -0.3 is 10.6 Å². The highest BCUT2D eigenvalue weighted by atomic mass is 16.2. The van der Waals surface area contributed by atoms with Gasteiger partial charge in [-0.15, -0.1) is 0 Å². The predicted octanol–water partition coefficient (Wildman–Crippen LogP) is 4.40. The molecule has 0 radical (unpaired) electrons. The van der Waals surface area contributed by atoms with Crippen molar-refractivity contribution in [3.63, 3.8) is 0 Å². The van der Waals surface area contributed by atoms with Crippen LogP contribution in [0.4, 0.5) is 11.4 Å². The number of pyridine rings is 1. The van der Waals surface area contributed by atoms with Gasteiger partial charge in [0.1, 0.15) is 0 Å². The average Bonchev–Trinajstić information content (AvgIpc) is 2.63. The summed E-state index contributed by atoms with van der Waals surface area (Å²) >= 11 is 0. The maximum absolute atomic E-state index is 12.4. The van der Waals surface area contributed by atoms with E-state index < -0.39 is 0 Å². The second kappa shape index (κ2) is 8.45. The highest BCUT2D eigenvalue weighted by Crippen LogP contribution is 2.18. The summed E-state index contributed by atoms with van der Waals surface area (Å²) in [5.41, 5.74) is 3.15. The van der Waals surface area contributed by atoms with E-state index >= 15 is 0 Å². The lowest BCUT2D eigenvalue weighted by atomic mass is 10.1. The van der Waals surface area contributed by atoms with E-state index in [2.05, 4.69) is 15.6 Å². The average molecular weight is 361 g/mol. The lowest BCUT2D eigenvalue weighted by Gasteiger charge is -2.10. The maximum Gasteiger partial charge on any atom is 0.228 e. The number of aromatic nitrogens is 1. The first kappa shape index (κ1) is 18.6. The van der Waals surface area contributed by atoms with Crippen molar-refractivity contribution < 1.29 is 9.59 Å². The Bertz CT molecular complexity index is 944. The zero-order chi connectivity index (χ0) is 19.2. The standard InChI is InChI=1S/C22H23N3O2/c1-15(2)13-20(26)24-18-8-10-19(11-9-18)25-21(27)14-17-6-3-5-16-7-4-12-23-22(16)17/h3-12,15H,13-14H2,1-2H3,(H,24,26)(H,25,27). The second-order valence-corrected chi connectivity index (χ2v) is 6.94. The van der Waals surface area contributed by atoms with Crippen LogP contribution in [0.5, 0.6) is 0 Å². The Kier molecular flexibility index (Phi) is 5.81. The fourth-order valence-electron chi connectivity index (χ4n) is 2.91. The number of para-hydroxylation sites is 1. The Hall–Kier alpha value is -3.21. The molecule has 0 aliphatic carbocycles. The summed E-state index contributed by atoms with van der Waals surface area (Å²) < 4.78 is 0. The van der Waals surface area contributed by atoms with Crippen LogP contribution in [0.1, 0.15) is 25.8 Å². The summed E-state index contributed by atoms with van der Waals surface area (Å²) in [6.45, 7) is 4.01. The Balaban J connectivity index is 1.61. The number of nitrogens with one attached hydrogen (secondary N) is 2. The molecule has 0 atom stereocenters. The smallest absolute Gasteiger partial charge is 0.228 e. The first-order valence-corrected chi connectivity index (χ1v) is 9.03. The molecule has 0 saturated carbocycles. The van der Waals surface area contributed by atoms with E-state index in [0.29, 0.717) is 18.0 Å². The molecule has 27 heavy (non-hydrogen) atoms. The van der Waals surface area contributed by atoms with Crippen molar-refractivity contribution in [3.05, 3.63) is 66.4 Å². The lowest BCUT2D eigenvalue weighted by Crippen LogP contribution is -2.15. The molecule has 2 N–H and O–H groups in total. The van der Waals surface area contributed by atoms with E-state index in [1.165, 1.54) is 0 Å². The SMILES string of the molecule is CC(C)CC(=O)Nc1ccc(NC(=O)Cc2cccc3cccnc23)cc1. The number of carbonyl (C=O) groups is 2. The molecule has 5 heteroatoms. The normalized spacial score (nSPS) is 10.8. The van der Waals surface area contributed by atoms with Gasteiger partial charge in [0.2, 0.25) is 11.8 Å².